The van der Waals surface area contributed by atoms with E-state index in [1.807, 2.05) is 60.7 Å². The lowest BCUT2D eigenvalue weighted by Crippen LogP contribution is -2.48. The van der Waals surface area contributed by atoms with Gasteiger partial charge in [0.25, 0.3) is 0 Å². The van der Waals surface area contributed by atoms with Crippen LogP contribution in [0.4, 0.5) is 5.69 Å². The number of nitrogens with one attached hydrogen (secondary N) is 1. The number of hydrogen-bond acceptors (Lipinski definition) is 6. The van der Waals surface area contributed by atoms with Crippen molar-refractivity contribution in [1.29, 1.82) is 0 Å². The highest BCUT2D eigenvalue weighted by Gasteiger charge is 2.42. The van der Waals surface area contributed by atoms with Gasteiger partial charge in [-0.25, -0.2) is 4.79 Å². The maximum absolute atomic E-state index is 13.2. The highest BCUT2D eigenvalue weighted by Crippen LogP contribution is 2.43. The summed E-state index contributed by atoms with van der Waals surface area (Å²) < 4.78 is 15.6. The Morgan fingerprint density at radius 1 is 0.750 bits per heavy atom. The van der Waals surface area contributed by atoms with Gasteiger partial charge in [0, 0.05) is 11.8 Å². The Morgan fingerprint density at radius 2 is 1.31 bits per heavy atom. The van der Waals surface area contributed by atoms with E-state index in [0.29, 0.717) is 11.4 Å². The van der Waals surface area contributed by atoms with Gasteiger partial charge in [0.1, 0.15) is 17.5 Å². The van der Waals surface area contributed by atoms with Crippen LogP contribution in [0.3, 0.4) is 0 Å². The van der Waals surface area contributed by atoms with Gasteiger partial charge in [0.15, 0.2) is 0 Å². The Morgan fingerprint density at radius 3 is 1.81 bits per heavy atom. The van der Waals surface area contributed by atoms with Gasteiger partial charge < -0.3 is 19.5 Å². The molecule has 0 amide bonds. The van der Waals surface area contributed by atoms with Gasteiger partial charge in [-0.2, -0.15) is 0 Å². The second-order valence-electron chi connectivity index (χ2n) is 6.89. The second-order valence-corrected chi connectivity index (χ2v) is 9.22. The van der Waals surface area contributed by atoms with Crippen molar-refractivity contribution in [3.63, 3.8) is 0 Å². The van der Waals surface area contributed by atoms with E-state index in [1.165, 1.54) is 14.2 Å². The third kappa shape index (κ3) is 5.45. The third-order valence-corrected chi connectivity index (χ3v) is 7.73. The standard InChI is InChI=1S/C25H26NO5P/c1-29-19-12-10-11-18(17-19)26-22(24(27)30-2)23(25(28)31-3)32(20-13-6-4-7-14-20)21-15-8-5-9-16-21/h4-17,22-23,26H,1-3H3/t22-,23+/m0/s1. The minimum absolute atomic E-state index is 0.491. The molecule has 2 atom stereocenters. The van der Waals surface area contributed by atoms with Crippen LogP contribution in [0, 0.1) is 0 Å². The molecule has 32 heavy (non-hydrogen) atoms. The van der Waals surface area contributed by atoms with Gasteiger partial charge in [-0.05, 0) is 30.7 Å². The van der Waals surface area contributed by atoms with Crippen molar-refractivity contribution < 1.29 is 23.8 Å². The number of ether oxygens (including phenoxy) is 3. The minimum Gasteiger partial charge on any atom is -0.497 e. The fourth-order valence-corrected chi connectivity index (χ4v) is 6.18. The molecule has 0 aliphatic heterocycles. The van der Waals surface area contributed by atoms with E-state index in [9.17, 15) is 9.59 Å². The van der Waals surface area contributed by atoms with Gasteiger partial charge in [-0.3, -0.25) is 4.79 Å². The molecule has 0 aromatic heterocycles. The summed E-state index contributed by atoms with van der Waals surface area (Å²) in [6.07, 6.45) is 0. The highest BCUT2D eigenvalue weighted by molar-refractivity contribution is 7.74. The molecule has 0 bridgehead atoms. The monoisotopic (exact) mass is 451 g/mol. The molecule has 0 saturated heterocycles. The van der Waals surface area contributed by atoms with E-state index in [4.69, 9.17) is 14.2 Å². The van der Waals surface area contributed by atoms with E-state index < -0.39 is 31.6 Å². The summed E-state index contributed by atoms with van der Waals surface area (Å²) in [4.78, 5) is 26.2. The first-order valence-electron chi connectivity index (χ1n) is 10.0. The molecule has 3 rings (SSSR count). The zero-order valence-electron chi connectivity index (χ0n) is 18.2. The quantitative estimate of drug-likeness (QED) is 0.398. The molecule has 0 heterocycles. The van der Waals surface area contributed by atoms with E-state index in [-0.39, 0.29) is 0 Å². The van der Waals surface area contributed by atoms with Crippen LogP contribution in [-0.2, 0) is 19.1 Å². The van der Waals surface area contributed by atoms with Crippen LogP contribution in [0.15, 0.2) is 84.9 Å². The molecule has 6 nitrogen and oxygen atoms in total. The summed E-state index contributed by atoms with van der Waals surface area (Å²) >= 11 is 0. The van der Waals surface area contributed by atoms with Crippen LogP contribution >= 0.6 is 7.92 Å². The summed E-state index contributed by atoms with van der Waals surface area (Å²) in [5.74, 6) is -0.418. The molecule has 0 aliphatic carbocycles. The first kappa shape index (κ1) is 23.3. The first-order valence-corrected chi connectivity index (χ1v) is 11.5. The number of rotatable bonds is 9. The van der Waals surface area contributed by atoms with Crippen molar-refractivity contribution in [3.8, 4) is 5.75 Å². The largest absolute Gasteiger partial charge is 0.497 e. The summed E-state index contributed by atoms with van der Waals surface area (Å²) in [7, 11) is 2.90. The van der Waals surface area contributed by atoms with Crippen LogP contribution in [-0.4, -0.2) is 45.0 Å². The molecule has 0 fully saturated rings. The Balaban J connectivity index is 2.14. The maximum atomic E-state index is 13.2. The van der Waals surface area contributed by atoms with Crippen molar-refractivity contribution in [3.05, 3.63) is 84.9 Å². The number of hydrogen-bond donors (Lipinski definition) is 1. The third-order valence-electron chi connectivity index (χ3n) is 4.95. The van der Waals surface area contributed by atoms with Gasteiger partial charge in [-0.1, -0.05) is 66.7 Å². The summed E-state index contributed by atoms with van der Waals surface area (Å²) in [5.41, 5.74) is -0.205. The lowest BCUT2D eigenvalue weighted by molar-refractivity contribution is -0.147. The maximum Gasteiger partial charge on any atom is 0.329 e. The molecular formula is C25H26NO5P. The van der Waals surface area contributed by atoms with Gasteiger partial charge in [-0.15, -0.1) is 0 Å². The summed E-state index contributed by atoms with van der Waals surface area (Å²) in [5, 5.41) is 5.10. The Bertz CT molecular complexity index is 989. The van der Waals surface area contributed by atoms with Crippen molar-refractivity contribution in [2.24, 2.45) is 0 Å². The average molecular weight is 451 g/mol. The summed E-state index contributed by atoms with van der Waals surface area (Å²) in [6, 6.07) is 25.6. The van der Waals surface area contributed by atoms with Gasteiger partial charge in [0.2, 0.25) is 0 Å². The first-order chi connectivity index (χ1) is 15.6. The van der Waals surface area contributed by atoms with E-state index in [2.05, 4.69) is 5.32 Å². The molecular weight excluding hydrogens is 425 g/mol. The molecule has 3 aromatic rings. The number of methoxy groups -OCH3 is 3. The second kappa shape index (κ2) is 11.3. The van der Waals surface area contributed by atoms with Crippen LogP contribution in [0.2, 0.25) is 0 Å². The average Bonchev–Trinajstić information content (AvgIpc) is 2.86. The SMILES string of the molecule is COC(=O)[C@@H](Nc1cccc(OC)c1)[C@H](C(=O)OC)P(c1ccccc1)c1ccccc1. The van der Waals surface area contributed by atoms with Crippen molar-refractivity contribution in [2.75, 3.05) is 26.6 Å². The van der Waals surface area contributed by atoms with Crippen molar-refractivity contribution in [2.45, 2.75) is 11.7 Å². The predicted molar refractivity (Wildman–Crippen MR) is 127 cm³/mol. The molecule has 1 N–H and O–H groups in total. The Kier molecular flexibility index (Phi) is 8.23. The zero-order valence-corrected chi connectivity index (χ0v) is 19.1. The van der Waals surface area contributed by atoms with Crippen LogP contribution in [0.25, 0.3) is 0 Å². The molecule has 0 saturated carbocycles. The predicted octanol–water partition coefficient (Wildman–Crippen LogP) is 3.32. The van der Waals surface area contributed by atoms with Gasteiger partial charge >= 0.3 is 11.9 Å². The number of anilines is 1. The fraction of sp³-hybridized carbons (Fsp3) is 0.200. The molecule has 0 radical (unpaired) electrons. The Hall–Kier alpha value is -3.37. The fourth-order valence-electron chi connectivity index (χ4n) is 3.44. The number of benzene rings is 3. The van der Waals surface area contributed by atoms with Crippen LogP contribution < -0.4 is 20.7 Å². The van der Waals surface area contributed by atoms with Crippen molar-refractivity contribution in [1.82, 2.24) is 0 Å². The molecule has 0 unspecified atom stereocenters. The van der Waals surface area contributed by atoms with Crippen molar-refractivity contribution >= 4 is 36.2 Å². The smallest absolute Gasteiger partial charge is 0.329 e. The topological polar surface area (TPSA) is 73.9 Å². The summed E-state index contributed by atoms with van der Waals surface area (Å²) in [6.45, 7) is 0. The van der Waals surface area contributed by atoms with E-state index >= 15 is 0 Å². The van der Waals surface area contributed by atoms with E-state index in [1.54, 1.807) is 31.4 Å². The number of carbonyl (C=O) groups is 2. The Labute approximate surface area is 189 Å². The number of esters is 2. The normalized spacial score (nSPS) is 12.5. The van der Waals surface area contributed by atoms with Gasteiger partial charge in [0.05, 0.1) is 21.3 Å². The lowest BCUT2D eigenvalue weighted by atomic mass is 10.1. The molecule has 0 aliphatic rings. The molecule has 3 aromatic carbocycles. The van der Waals surface area contributed by atoms with E-state index in [0.717, 1.165) is 10.6 Å². The van der Waals surface area contributed by atoms with Crippen LogP contribution in [0.1, 0.15) is 0 Å². The lowest BCUT2D eigenvalue weighted by Gasteiger charge is -2.32. The highest BCUT2D eigenvalue weighted by atomic mass is 31.1. The molecule has 166 valence electrons. The van der Waals surface area contributed by atoms with Crippen LogP contribution in [0.5, 0.6) is 5.75 Å². The zero-order chi connectivity index (χ0) is 22.9. The molecule has 0 spiro atoms. The number of carbonyl (C=O) groups excluding carboxylic acids is 2. The minimum atomic E-state index is -1.31. The molecule has 7 heteroatoms.